The van der Waals surface area contributed by atoms with Gasteiger partial charge in [0.05, 0.1) is 16.9 Å². The maximum Gasteiger partial charge on any atom is 0.101 e. The molecule has 0 aliphatic heterocycles. The predicted molar refractivity (Wildman–Crippen MR) is 81.4 cm³/mol. The van der Waals surface area contributed by atoms with Gasteiger partial charge in [-0.15, -0.1) is 11.3 Å². The van der Waals surface area contributed by atoms with E-state index >= 15 is 0 Å². The van der Waals surface area contributed by atoms with Gasteiger partial charge in [-0.25, -0.2) is 0 Å². The van der Waals surface area contributed by atoms with Crippen LogP contribution in [0.1, 0.15) is 24.3 Å². The molecule has 0 saturated heterocycles. The average molecular weight is 271 g/mol. The molecule has 1 heterocycles. The van der Waals surface area contributed by atoms with Crippen LogP contribution in [0.4, 0.5) is 11.4 Å². The van der Waals surface area contributed by atoms with Crippen molar-refractivity contribution in [1.29, 1.82) is 5.26 Å². The first kappa shape index (κ1) is 13.4. The lowest BCUT2D eigenvalue weighted by atomic mass is 9.91. The van der Waals surface area contributed by atoms with Crippen molar-refractivity contribution in [3.63, 3.8) is 0 Å². The highest BCUT2D eigenvalue weighted by Gasteiger charge is 2.21. The normalized spacial score (nSPS) is 11.0. The summed E-state index contributed by atoms with van der Waals surface area (Å²) in [6.45, 7) is 5.15. The van der Waals surface area contributed by atoms with Gasteiger partial charge in [0.1, 0.15) is 6.07 Å². The molecule has 1 aromatic heterocycles. The van der Waals surface area contributed by atoms with Crippen molar-refractivity contribution in [1.82, 2.24) is 0 Å². The second kappa shape index (κ2) is 5.33. The van der Waals surface area contributed by atoms with Crippen LogP contribution in [0.2, 0.25) is 0 Å². The van der Waals surface area contributed by atoms with Crippen LogP contribution in [-0.2, 0) is 5.41 Å². The second-order valence-corrected chi connectivity index (χ2v) is 6.04. The molecule has 98 valence electrons. The van der Waals surface area contributed by atoms with Crippen molar-refractivity contribution in [3.05, 3.63) is 46.2 Å². The molecule has 0 unspecified atom stereocenters. The van der Waals surface area contributed by atoms with Gasteiger partial charge in [0.2, 0.25) is 0 Å². The van der Waals surface area contributed by atoms with E-state index in [0.717, 1.165) is 12.2 Å². The number of anilines is 2. The first-order valence-electron chi connectivity index (χ1n) is 6.11. The highest BCUT2D eigenvalue weighted by molar-refractivity contribution is 7.10. The topological polar surface area (TPSA) is 61.8 Å². The molecule has 0 saturated carbocycles. The molecule has 3 N–H and O–H groups in total. The summed E-state index contributed by atoms with van der Waals surface area (Å²) < 4.78 is 0. The summed E-state index contributed by atoms with van der Waals surface area (Å²) in [6.07, 6.45) is 0. The van der Waals surface area contributed by atoms with Gasteiger partial charge in [-0.3, -0.25) is 0 Å². The lowest BCUT2D eigenvalue weighted by molar-refractivity contribution is 0.569. The Bertz CT molecular complexity index is 594. The van der Waals surface area contributed by atoms with Gasteiger partial charge in [-0.05, 0) is 23.6 Å². The Morgan fingerprint density at radius 3 is 2.74 bits per heavy atom. The number of nitrogens with one attached hydrogen (secondary N) is 1. The summed E-state index contributed by atoms with van der Waals surface area (Å²) in [4.78, 5) is 1.33. The zero-order valence-electron chi connectivity index (χ0n) is 11.1. The highest BCUT2D eigenvalue weighted by Crippen LogP contribution is 2.29. The number of hydrogen-bond acceptors (Lipinski definition) is 4. The third-order valence-corrected chi connectivity index (χ3v) is 4.37. The zero-order chi connectivity index (χ0) is 13.9. The van der Waals surface area contributed by atoms with E-state index in [4.69, 9.17) is 11.0 Å². The smallest absolute Gasteiger partial charge is 0.101 e. The Morgan fingerprint density at radius 2 is 2.11 bits per heavy atom. The minimum absolute atomic E-state index is 0.0310. The van der Waals surface area contributed by atoms with E-state index in [0.29, 0.717) is 11.3 Å². The molecule has 0 bridgehead atoms. The number of para-hydroxylation sites is 1. The van der Waals surface area contributed by atoms with Crippen LogP contribution < -0.4 is 11.1 Å². The molecule has 2 aromatic rings. The van der Waals surface area contributed by atoms with Gasteiger partial charge in [0, 0.05) is 16.8 Å². The number of nitrogen functional groups attached to an aromatic ring is 1. The molecule has 0 atom stereocenters. The molecule has 3 nitrogen and oxygen atoms in total. The minimum atomic E-state index is 0.0310. The number of rotatable bonds is 4. The quantitative estimate of drug-likeness (QED) is 0.835. The number of benzene rings is 1. The lowest BCUT2D eigenvalue weighted by Crippen LogP contribution is -2.26. The summed E-state index contributed by atoms with van der Waals surface area (Å²) in [5, 5.41) is 14.4. The van der Waals surface area contributed by atoms with Crippen molar-refractivity contribution >= 4 is 22.7 Å². The van der Waals surface area contributed by atoms with E-state index in [9.17, 15) is 0 Å². The maximum absolute atomic E-state index is 8.97. The SMILES string of the molecule is CC(C)(CNc1cccc(C#N)c1N)c1cccs1. The van der Waals surface area contributed by atoms with Crippen molar-refractivity contribution in [2.24, 2.45) is 0 Å². The first-order chi connectivity index (χ1) is 9.04. The van der Waals surface area contributed by atoms with Crippen molar-refractivity contribution < 1.29 is 0 Å². The molecular weight excluding hydrogens is 254 g/mol. The summed E-state index contributed by atoms with van der Waals surface area (Å²) in [6, 6.07) is 11.8. The summed E-state index contributed by atoms with van der Waals surface area (Å²) in [5.41, 5.74) is 7.85. The predicted octanol–water partition coefficient (Wildman–Crippen LogP) is 3.59. The van der Waals surface area contributed by atoms with Gasteiger partial charge in [-0.2, -0.15) is 5.26 Å². The Labute approximate surface area is 117 Å². The van der Waals surface area contributed by atoms with Crippen molar-refractivity contribution in [2.45, 2.75) is 19.3 Å². The van der Waals surface area contributed by atoms with Crippen molar-refractivity contribution in [3.8, 4) is 6.07 Å². The summed E-state index contributed by atoms with van der Waals surface area (Å²) in [7, 11) is 0. The fourth-order valence-electron chi connectivity index (χ4n) is 1.88. The van der Waals surface area contributed by atoms with E-state index < -0.39 is 0 Å². The molecule has 2 rings (SSSR count). The van der Waals surface area contributed by atoms with E-state index in [1.54, 1.807) is 17.4 Å². The van der Waals surface area contributed by atoms with Crippen LogP contribution in [0, 0.1) is 11.3 Å². The number of nitrogens with two attached hydrogens (primary N) is 1. The molecule has 0 aliphatic carbocycles. The molecular formula is C15H17N3S. The van der Waals surface area contributed by atoms with E-state index in [2.05, 4.69) is 42.7 Å². The number of nitriles is 1. The molecule has 4 heteroatoms. The van der Waals surface area contributed by atoms with Crippen LogP contribution >= 0.6 is 11.3 Å². The van der Waals surface area contributed by atoms with Crippen LogP contribution in [0.25, 0.3) is 0 Å². The van der Waals surface area contributed by atoms with Crippen LogP contribution in [0.15, 0.2) is 35.7 Å². The molecule has 19 heavy (non-hydrogen) atoms. The molecule has 0 aliphatic rings. The third-order valence-electron chi connectivity index (χ3n) is 3.14. The maximum atomic E-state index is 8.97. The van der Waals surface area contributed by atoms with Gasteiger partial charge in [-0.1, -0.05) is 26.0 Å². The zero-order valence-corrected chi connectivity index (χ0v) is 11.9. The Morgan fingerprint density at radius 1 is 1.32 bits per heavy atom. The summed E-state index contributed by atoms with van der Waals surface area (Å²) in [5.74, 6) is 0. The van der Waals surface area contributed by atoms with Crippen molar-refractivity contribution in [2.75, 3.05) is 17.6 Å². The van der Waals surface area contributed by atoms with Gasteiger partial charge >= 0.3 is 0 Å². The van der Waals surface area contributed by atoms with Gasteiger partial charge in [0.15, 0.2) is 0 Å². The average Bonchev–Trinajstić information content (AvgIpc) is 2.92. The standard InChI is InChI=1S/C15H17N3S/c1-15(2,13-7-4-8-19-13)10-18-12-6-3-5-11(9-16)14(12)17/h3-8,18H,10,17H2,1-2H3. The Kier molecular flexibility index (Phi) is 3.77. The molecule has 0 fully saturated rings. The monoisotopic (exact) mass is 271 g/mol. The van der Waals surface area contributed by atoms with Crippen LogP contribution in [0.5, 0.6) is 0 Å². The first-order valence-corrected chi connectivity index (χ1v) is 6.99. The number of hydrogen-bond donors (Lipinski definition) is 2. The number of nitrogens with zero attached hydrogens (tertiary/aromatic N) is 1. The molecule has 0 spiro atoms. The van der Waals surface area contributed by atoms with E-state index in [-0.39, 0.29) is 5.41 Å². The Balaban J connectivity index is 2.14. The second-order valence-electron chi connectivity index (χ2n) is 5.09. The minimum Gasteiger partial charge on any atom is -0.396 e. The van der Waals surface area contributed by atoms with E-state index in [1.165, 1.54) is 4.88 Å². The Hall–Kier alpha value is -1.99. The molecule has 1 aromatic carbocycles. The molecule has 0 amide bonds. The lowest BCUT2D eigenvalue weighted by Gasteiger charge is -2.25. The van der Waals surface area contributed by atoms with Crippen LogP contribution in [-0.4, -0.2) is 6.54 Å². The van der Waals surface area contributed by atoms with Gasteiger partial charge < -0.3 is 11.1 Å². The van der Waals surface area contributed by atoms with Gasteiger partial charge in [0.25, 0.3) is 0 Å². The fourth-order valence-corrected chi connectivity index (χ4v) is 2.74. The molecule has 0 radical (unpaired) electrons. The fraction of sp³-hybridized carbons (Fsp3) is 0.267. The third kappa shape index (κ3) is 2.88. The summed E-state index contributed by atoms with van der Waals surface area (Å²) >= 11 is 1.75. The highest BCUT2D eigenvalue weighted by atomic mass is 32.1. The van der Waals surface area contributed by atoms with Crippen LogP contribution in [0.3, 0.4) is 0 Å². The number of thiophene rings is 1. The largest absolute Gasteiger partial charge is 0.396 e. The van der Waals surface area contributed by atoms with E-state index in [1.807, 2.05) is 12.1 Å².